The maximum atomic E-state index is 12.1. The van der Waals surface area contributed by atoms with Crippen LogP contribution in [-0.2, 0) is 5.41 Å². The summed E-state index contributed by atoms with van der Waals surface area (Å²) in [6.45, 7) is 8.86. The van der Waals surface area contributed by atoms with Gasteiger partial charge in [0.15, 0.2) is 0 Å². The summed E-state index contributed by atoms with van der Waals surface area (Å²) in [6, 6.07) is 0. The first kappa shape index (κ1) is 16.0. The molecule has 1 amide bonds. The lowest BCUT2D eigenvalue weighted by Gasteiger charge is -2.16. The van der Waals surface area contributed by atoms with Crippen molar-refractivity contribution in [3.8, 4) is 0 Å². The standard InChI is InChI=1S/C13H23N3O2S/c1-9(8-17)6-5-7-14-12(18)10-11(13(2,3)4)15-16-19-10/h9,17H,5-8H2,1-4H3,(H,14,18). The fourth-order valence-corrected chi connectivity index (χ4v) is 2.45. The summed E-state index contributed by atoms with van der Waals surface area (Å²) in [5.41, 5.74) is 0.573. The maximum absolute atomic E-state index is 12.1. The van der Waals surface area contributed by atoms with Crippen LogP contribution in [0.1, 0.15) is 55.9 Å². The number of nitrogens with zero attached hydrogens (tertiary/aromatic N) is 2. The van der Waals surface area contributed by atoms with E-state index in [-0.39, 0.29) is 23.8 Å². The van der Waals surface area contributed by atoms with Gasteiger partial charge in [-0.25, -0.2) is 0 Å². The molecule has 5 nitrogen and oxygen atoms in total. The zero-order chi connectivity index (χ0) is 14.5. The van der Waals surface area contributed by atoms with Gasteiger partial charge in [-0.15, -0.1) is 5.10 Å². The Kier molecular flexibility index (Phi) is 5.87. The van der Waals surface area contributed by atoms with Gasteiger partial charge in [0.25, 0.3) is 5.91 Å². The Morgan fingerprint density at radius 1 is 1.47 bits per heavy atom. The summed E-state index contributed by atoms with van der Waals surface area (Å²) in [5, 5.41) is 15.9. The van der Waals surface area contributed by atoms with Crippen LogP contribution in [0.4, 0.5) is 0 Å². The van der Waals surface area contributed by atoms with Crippen LogP contribution in [0.2, 0.25) is 0 Å². The Morgan fingerprint density at radius 2 is 2.16 bits per heavy atom. The van der Waals surface area contributed by atoms with Crippen molar-refractivity contribution < 1.29 is 9.90 Å². The van der Waals surface area contributed by atoms with Crippen molar-refractivity contribution in [3.63, 3.8) is 0 Å². The third kappa shape index (κ3) is 4.87. The van der Waals surface area contributed by atoms with Crippen LogP contribution in [0.25, 0.3) is 0 Å². The molecule has 0 bridgehead atoms. The number of hydrogen-bond acceptors (Lipinski definition) is 5. The van der Waals surface area contributed by atoms with Gasteiger partial charge in [-0.05, 0) is 30.3 Å². The highest BCUT2D eigenvalue weighted by Gasteiger charge is 2.25. The number of hydrogen-bond donors (Lipinski definition) is 2. The van der Waals surface area contributed by atoms with Crippen LogP contribution in [0.15, 0.2) is 0 Å². The molecule has 19 heavy (non-hydrogen) atoms. The molecule has 0 aromatic carbocycles. The monoisotopic (exact) mass is 285 g/mol. The second-order valence-electron chi connectivity index (χ2n) is 5.89. The summed E-state index contributed by atoms with van der Waals surface area (Å²) < 4.78 is 3.88. The number of amides is 1. The lowest BCUT2D eigenvalue weighted by atomic mass is 9.91. The molecule has 2 N–H and O–H groups in total. The Bertz CT molecular complexity index is 412. The van der Waals surface area contributed by atoms with Gasteiger partial charge in [0, 0.05) is 18.6 Å². The van der Waals surface area contributed by atoms with Gasteiger partial charge in [0.05, 0.1) is 5.69 Å². The Morgan fingerprint density at radius 3 is 2.74 bits per heavy atom. The predicted octanol–water partition coefficient (Wildman–Crippen LogP) is 1.97. The van der Waals surface area contributed by atoms with E-state index >= 15 is 0 Å². The van der Waals surface area contributed by atoms with Crippen molar-refractivity contribution >= 4 is 17.4 Å². The molecule has 0 spiro atoms. The highest BCUT2D eigenvalue weighted by molar-refractivity contribution is 7.08. The molecule has 0 saturated carbocycles. The van der Waals surface area contributed by atoms with Crippen LogP contribution >= 0.6 is 11.5 Å². The minimum absolute atomic E-state index is 0.100. The number of carbonyl (C=O) groups is 1. The second-order valence-corrected chi connectivity index (χ2v) is 6.64. The SMILES string of the molecule is CC(CO)CCCNC(=O)c1snnc1C(C)(C)C. The van der Waals surface area contributed by atoms with Crippen molar-refractivity contribution in [2.24, 2.45) is 5.92 Å². The Labute approximate surface area is 118 Å². The van der Waals surface area contributed by atoms with E-state index in [2.05, 4.69) is 14.9 Å². The number of carbonyl (C=O) groups excluding carboxylic acids is 1. The normalized spacial score (nSPS) is 13.3. The molecule has 1 rings (SSSR count). The molecule has 0 aliphatic rings. The second kappa shape index (κ2) is 6.96. The molecule has 108 valence electrons. The van der Waals surface area contributed by atoms with E-state index in [1.54, 1.807) is 0 Å². The van der Waals surface area contributed by atoms with E-state index in [1.807, 2.05) is 27.7 Å². The first-order chi connectivity index (χ1) is 8.86. The molecule has 0 fully saturated rings. The molecule has 0 saturated heterocycles. The number of aliphatic hydroxyl groups excluding tert-OH is 1. The van der Waals surface area contributed by atoms with Crippen molar-refractivity contribution in [1.29, 1.82) is 0 Å². The van der Waals surface area contributed by atoms with Crippen LogP contribution in [-0.4, -0.2) is 33.8 Å². The summed E-state index contributed by atoms with van der Waals surface area (Å²) in [4.78, 5) is 12.7. The highest BCUT2D eigenvalue weighted by Crippen LogP contribution is 2.25. The van der Waals surface area contributed by atoms with Crippen molar-refractivity contribution in [2.75, 3.05) is 13.2 Å². The molecular formula is C13H23N3O2S. The summed E-state index contributed by atoms with van der Waals surface area (Å²) in [5.74, 6) is 0.184. The first-order valence-electron chi connectivity index (χ1n) is 6.58. The van der Waals surface area contributed by atoms with E-state index in [9.17, 15) is 4.79 Å². The Hall–Kier alpha value is -1.01. The van der Waals surface area contributed by atoms with E-state index in [0.29, 0.717) is 11.4 Å². The van der Waals surface area contributed by atoms with Crippen molar-refractivity contribution in [2.45, 2.75) is 46.0 Å². The topological polar surface area (TPSA) is 75.1 Å². The van der Waals surface area contributed by atoms with Crippen LogP contribution in [0.5, 0.6) is 0 Å². The zero-order valence-corrected chi connectivity index (χ0v) is 12.9. The minimum Gasteiger partial charge on any atom is -0.396 e. The van der Waals surface area contributed by atoms with Crippen LogP contribution in [0.3, 0.4) is 0 Å². The Balaban J connectivity index is 2.49. The van der Waals surface area contributed by atoms with Gasteiger partial charge in [0.2, 0.25) is 0 Å². The minimum atomic E-state index is -0.176. The van der Waals surface area contributed by atoms with Gasteiger partial charge in [-0.2, -0.15) is 0 Å². The number of aromatic nitrogens is 2. The third-order valence-electron chi connectivity index (χ3n) is 2.88. The molecule has 1 heterocycles. The largest absolute Gasteiger partial charge is 0.396 e. The average Bonchev–Trinajstić information content (AvgIpc) is 2.82. The van der Waals surface area contributed by atoms with Crippen molar-refractivity contribution in [1.82, 2.24) is 14.9 Å². The molecular weight excluding hydrogens is 262 g/mol. The zero-order valence-electron chi connectivity index (χ0n) is 12.1. The van der Waals surface area contributed by atoms with E-state index in [1.165, 1.54) is 0 Å². The lowest BCUT2D eigenvalue weighted by molar-refractivity contribution is 0.0953. The van der Waals surface area contributed by atoms with Gasteiger partial charge in [0.1, 0.15) is 4.88 Å². The smallest absolute Gasteiger partial charge is 0.264 e. The molecule has 1 unspecified atom stereocenters. The molecule has 0 radical (unpaired) electrons. The predicted molar refractivity (Wildman–Crippen MR) is 76.4 cm³/mol. The summed E-state index contributed by atoms with van der Waals surface area (Å²) in [6.07, 6.45) is 1.77. The number of rotatable bonds is 6. The fourth-order valence-electron chi connectivity index (χ4n) is 1.65. The van der Waals surface area contributed by atoms with E-state index in [4.69, 9.17) is 5.11 Å². The third-order valence-corrected chi connectivity index (χ3v) is 3.60. The van der Waals surface area contributed by atoms with Crippen LogP contribution < -0.4 is 5.32 Å². The fraction of sp³-hybridized carbons (Fsp3) is 0.769. The van der Waals surface area contributed by atoms with Gasteiger partial charge >= 0.3 is 0 Å². The maximum Gasteiger partial charge on any atom is 0.264 e. The molecule has 0 aliphatic heterocycles. The number of nitrogens with one attached hydrogen (secondary N) is 1. The van der Waals surface area contributed by atoms with E-state index < -0.39 is 0 Å². The van der Waals surface area contributed by atoms with Gasteiger partial charge in [-0.1, -0.05) is 32.2 Å². The lowest BCUT2D eigenvalue weighted by Crippen LogP contribution is -2.27. The first-order valence-corrected chi connectivity index (χ1v) is 7.35. The summed E-state index contributed by atoms with van der Waals surface area (Å²) >= 11 is 1.14. The van der Waals surface area contributed by atoms with Crippen LogP contribution in [0, 0.1) is 5.92 Å². The summed E-state index contributed by atoms with van der Waals surface area (Å²) in [7, 11) is 0. The van der Waals surface area contributed by atoms with E-state index in [0.717, 1.165) is 30.1 Å². The average molecular weight is 285 g/mol. The molecule has 1 atom stereocenters. The number of aliphatic hydroxyl groups is 1. The molecule has 1 aromatic rings. The molecule has 6 heteroatoms. The highest BCUT2D eigenvalue weighted by atomic mass is 32.1. The van der Waals surface area contributed by atoms with Crippen molar-refractivity contribution in [3.05, 3.63) is 10.6 Å². The van der Waals surface area contributed by atoms with Gasteiger partial charge < -0.3 is 10.4 Å². The molecule has 1 aromatic heterocycles. The molecule has 0 aliphatic carbocycles. The quantitative estimate of drug-likeness (QED) is 0.784. The van der Waals surface area contributed by atoms with Gasteiger partial charge in [-0.3, -0.25) is 4.79 Å².